The van der Waals surface area contributed by atoms with E-state index in [0.29, 0.717) is 27.7 Å². The molecular formula is C25H23Cl2N3O2. The summed E-state index contributed by atoms with van der Waals surface area (Å²) in [6, 6.07) is 20.2. The Morgan fingerprint density at radius 1 is 1.06 bits per heavy atom. The number of nitrogens with two attached hydrogens (primary N) is 1. The van der Waals surface area contributed by atoms with E-state index in [-0.39, 0.29) is 24.9 Å². The molecule has 0 saturated carbocycles. The minimum atomic E-state index is -0.229. The van der Waals surface area contributed by atoms with Crippen LogP contribution in [0.2, 0.25) is 5.02 Å². The standard InChI is InChI=1S/C25H22ClN3O2.ClH/c1-15-7-10-24(21(26)11-15)31-14-17-5-3-4-6-19(17)25(30)29-18-8-9-23-20(13-18)22(27)12-16(2)28-23;/h3-13H,14H2,1-2H3,(H2,27,28)(H,29,30);1H. The zero-order chi connectivity index (χ0) is 22.0. The summed E-state index contributed by atoms with van der Waals surface area (Å²) in [6.45, 7) is 4.08. The molecule has 1 amide bonds. The van der Waals surface area contributed by atoms with Crippen LogP contribution >= 0.6 is 24.0 Å². The number of carbonyl (C=O) groups excluding carboxylic acids is 1. The molecule has 1 aromatic heterocycles. The maximum Gasteiger partial charge on any atom is 0.256 e. The lowest BCUT2D eigenvalue weighted by molar-refractivity contribution is 0.102. The number of halogens is 2. The van der Waals surface area contributed by atoms with E-state index in [4.69, 9.17) is 22.1 Å². The van der Waals surface area contributed by atoms with Crippen molar-refractivity contribution < 1.29 is 9.53 Å². The molecular weight excluding hydrogens is 445 g/mol. The third-order valence-electron chi connectivity index (χ3n) is 4.96. The summed E-state index contributed by atoms with van der Waals surface area (Å²) in [4.78, 5) is 17.5. The number of carbonyl (C=O) groups is 1. The van der Waals surface area contributed by atoms with Gasteiger partial charge in [0.25, 0.3) is 5.91 Å². The first-order chi connectivity index (χ1) is 14.9. The van der Waals surface area contributed by atoms with E-state index in [1.165, 1.54) is 0 Å². The number of nitrogen functional groups attached to an aromatic ring is 1. The first-order valence-electron chi connectivity index (χ1n) is 9.86. The van der Waals surface area contributed by atoms with Gasteiger partial charge in [-0.25, -0.2) is 0 Å². The number of nitrogens with zero attached hydrogens (tertiary/aromatic N) is 1. The molecule has 0 fully saturated rings. The van der Waals surface area contributed by atoms with Crippen LogP contribution in [0.1, 0.15) is 27.2 Å². The number of benzene rings is 3. The van der Waals surface area contributed by atoms with Crippen molar-refractivity contribution in [1.29, 1.82) is 0 Å². The maximum absolute atomic E-state index is 13.0. The second kappa shape index (κ2) is 9.90. The number of hydrogen-bond donors (Lipinski definition) is 2. The van der Waals surface area contributed by atoms with Crippen LogP contribution in [0.3, 0.4) is 0 Å². The summed E-state index contributed by atoms with van der Waals surface area (Å²) >= 11 is 6.26. The van der Waals surface area contributed by atoms with Crippen LogP contribution in [0, 0.1) is 13.8 Å². The Morgan fingerprint density at radius 3 is 2.62 bits per heavy atom. The van der Waals surface area contributed by atoms with E-state index in [1.54, 1.807) is 6.07 Å². The molecule has 7 heteroatoms. The molecule has 5 nitrogen and oxygen atoms in total. The molecule has 0 aliphatic rings. The minimum absolute atomic E-state index is 0. The summed E-state index contributed by atoms with van der Waals surface area (Å²) in [6.07, 6.45) is 0. The summed E-state index contributed by atoms with van der Waals surface area (Å²) < 4.78 is 5.87. The molecule has 3 aromatic carbocycles. The van der Waals surface area contributed by atoms with Crippen LogP contribution in [-0.2, 0) is 6.61 Å². The normalized spacial score (nSPS) is 10.5. The number of ether oxygens (including phenoxy) is 1. The van der Waals surface area contributed by atoms with Gasteiger partial charge in [-0.2, -0.15) is 0 Å². The lowest BCUT2D eigenvalue weighted by Crippen LogP contribution is -2.15. The largest absolute Gasteiger partial charge is 0.487 e. The minimum Gasteiger partial charge on any atom is -0.487 e. The van der Waals surface area contributed by atoms with Crippen molar-refractivity contribution in [3.8, 4) is 5.75 Å². The topological polar surface area (TPSA) is 77.2 Å². The molecule has 4 rings (SSSR count). The van der Waals surface area contributed by atoms with Gasteiger partial charge in [0.05, 0.1) is 10.5 Å². The van der Waals surface area contributed by atoms with Gasteiger partial charge in [0, 0.05) is 33.6 Å². The van der Waals surface area contributed by atoms with Crippen molar-refractivity contribution >= 4 is 52.2 Å². The van der Waals surface area contributed by atoms with E-state index in [0.717, 1.165) is 27.7 Å². The number of hydrogen-bond acceptors (Lipinski definition) is 4. The monoisotopic (exact) mass is 467 g/mol. The van der Waals surface area contributed by atoms with Gasteiger partial charge >= 0.3 is 0 Å². The van der Waals surface area contributed by atoms with Gasteiger partial charge in [-0.15, -0.1) is 12.4 Å². The molecule has 0 radical (unpaired) electrons. The van der Waals surface area contributed by atoms with Crippen molar-refractivity contribution in [1.82, 2.24) is 4.98 Å². The molecule has 0 spiro atoms. The highest BCUT2D eigenvalue weighted by Crippen LogP contribution is 2.27. The van der Waals surface area contributed by atoms with Gasteiger partial charge in [0.1, 0.15) is 12.4 Å². The van der Waals surface area contributed by atoms with E-state index in [1.807, 2.05) is 74.5 Å². The first-order valence-corrected chi connectivity index (χ1v) is 10.2. The highest BCUT2D eigenvalue weighted by Gasteiger charge is 2.13. The van der Waals surface area contributed by atoms with Gasteiger partial charge in [-0.1, -0.05) is 35.9 Å². The Balaban J connectivity index is 0.00000289. The molecule has 0 atom stereocenters. The van der Waals surface area contributed by atoms with Gasteiger partial charge in [-0.05, 0) is 61.9 Å². The predicted molar refractivity (Wildman–Crippen MR) is 133 cm³/mol. The quantitative estimate of drug-likeness (QED) is 0.358. The van der Waals surface area contributed by atoms with Crippen molar-refractivity contribution in [2.75, 3.05) is 11.1 Å². The number of anilines is 2. The number of nitrogens with one attached hydrogen (secondary N) is 1. The molecule has 32 heavy (non-hydrogen) atoms. The lowest BCUT2D eigenvalue weighted by Gasteiger charge is -2.13. The molecule has 164 valence electrons. The number of aryl methyl sites for hydroxylation is 2. The third-order valence-corrected chi connectivity index (χ3v) is 5.25. The Hall–Kier alpha value is -3.28. The number of rotatable bonds is 5. The van der Waals surface area contributed by atoms with Gasteiger partial charge in [0.15, 0.2) is 0 Å². The van der Waals surface area contributed by atoms with Crippen molar-refractivity contribution in [3.63, 3.8) is 0 Å². The average molecular weight is 468 g/mol. The van der Waals surface area contributed by atoms with Crippen molar-refractivity contribution in [2.24, 2.45) is 0 Å². The fourth-order valence-corrected chi connectivity index (χ4v) is 3.70. The van der Waals surface area contributed by atoms with Crippen LogP contribution in [0.4, 0.5) is 11.4 Å². The van der Waals surface area contributed by atoms with Gasteiger partial charge in [-0.3, -0.25) is 9.78 Å². The number of aromatic nitrogens is 1. The van der Waals surface area contributed by atoms with E-state index < -0.39 is 0 Å². The van der Waals surface area contributed by atoms with Crippen LogP contribution in [0.15, 0.2) is 66.7 Å². The fourth-order valence-electron chi connectivity index (χ4n) is 3.41. The van der Waals surface area contributed by atoms with Crippen LogP contribution in [-0.4, -0.2) is 10.9 Å². The molecule has 1 heterocycles. The molecule has 0 bridgehead atoms. The Labute approximate surface area is 198 Å². The molecule has 0 unspecified atom stereocenters. The van der Waals surface area contributed by atoms with E-state index >= 15 is 0 Å². The average Bonchev–Trinajstić information content (AvgIpc) is 2.74. The predicted octanol–water partition coefficient (Wildman–Crippen LogP) is 6.34. The Kier molecular flexibility index (Phi) is 7.23. The molecule has 0 aliphatic heterocycles. The lowest BCUT2D eigenvalue weighted by atomic mass is 10.1. The number of amides is 1. The van der Waals surface area contributed by atoms with Gasteiger partial charge < -0.3 is 15.8 Å². The second-order valence-electron chi connectivity index (χ2n) is 7.42. The second-order valence-corrected chi connectivity index (χ2v) is 7.83. The number of fused-ring (bicyclic) bond motifs is 1. The smallest absolute Gasteiger partial charge is 0.256 e. The number of pyridine rings is 1. The summed E-state index contributed by atoms with van der Waals surface area (Å²) in [7, 11) is 0. The van der Waals surface area contributed by atoms with E-state index in [2.05, 4.69) is 10.3 Å². The van der Waals surface area contributed by atoms with Gasteiger partial charge in [0.2, 0.25) is 0 Å². The summed E-state index contributed by atoms with van der Waals surface area (Å²) in [5.41, 5.74) is 11.4. The molecule has 4 aromatic rings. The third kappa shape index (κ3) is 5.13. The van der Waals surface area contributed by atoms with Crippen LogP contribution < -0.4 is 15.8 Å². The first kappa shape index (κ1) is 23.4. The highest BCUT2D eigenvalue weighted by molar-refractivity contribution is 6.32. The SMILES string of the molecule is Cc1ccc(OCc2ccccc2C(=O)Nc2ccc3nc(C)cc(N)c3c2)c(Cl)c1.Cl. The molecule has 0 saturated heterocycles. The summed E-state index contributed by atoms with van der Waals surface area (Å²) in [5.74, 6) is 0.350. The van der Waals surface area contributed by atoms with Crippen LogP contribution in [0.25, 0.3) is 10.9 Å². The maximum atomic E-state index is 13.0. The fraction of sp³-hybridized carbons (Fsp3) is 0.120. The van der Waals surface area contributed by atoms with Crippen molar-refractivity contribution in [3.05, 3.63) is 94.1 Å². The molecule has 0 aliphatic carbocycles. The zero-order valence-corrected chi connectivity index (χ0v) is 19.3. The zero-order valence-electron chi connectivity index (χ0n) is 17.7. The molecule has 3 N–H and O–H groups in total. The Morgan fingerprint density at radius 2 is 1.84 bits per heavy atom. The van der Waals surface area contributed by atoms with Crippen LogP contribution in [0.5, 0.6) is 5.75 Å². The highest BCUT2D eigenvalue weighted by atomic mass is 35.5. The van der Waals surface area contributed by atoms with Crippen molar-refractivity contribution in [2.45, 2.75) is 20.5 Å². The Bertz CT molecular complexity index is 1290. The summed E-state index contributed by atoms with van der Waals surface area (Å²) in [5, 5.41) is 4.29. The van der Waals surface area contributed by atoms with E-state index in [9.17, 15) is 4.79 Å².